The van der Waals surface area contributed by atoms with Crippen molar-refractivity contribution in [1.29, 1.82) is 0 Å². The number of carbonyl (C=O) groups is 1. The van der Waals surface area contributed by atoms with E-state index in [1.807, 2.05) is 43.5 Å². The van der Waals surface area contributed by atoms with Crippen molar-refractivity contribution >= 4 is 17.3 Å². The van der Waals surface area contributed by atoms with Crippen LogP contribution in [-0.2, 0) is 13.0 Å². The van der Waals surface area contributed by atoms with E-state index in [0.717, 1.165) is 33.4 Å². The van der Waals surface area contributed by atoms with Crippen LogP contribution in [0.15, 0.2) is 35.7 Å². The fourth-order valence-corrected chi connectivity index (χ4v) is 3.55. The summed E-state index contributed by atoms with van der Waals surface area (Å²) in [5.74, 6) is -0.105. The molecule has 0 bridgehead atoms. The molecule has 25 heavy (non-hydrogen) atoms. The van der Waals surface area contributed by atoms with Gasteiger partial charge >= 0.3 is 5.97 Å². The van der Waals surface area contributed by atoms with E-state index in [9.17, 15) is 9.90 Å². The molecule has 0 aliphatic carbocycles. The SMILES string of the molecule is CCc1c(C(=O)O)cc(-c2csc(C)n2)n1Cc1ccc(OC)cc1. The molecule has 0 fully saturated rings. The van der Waals surface area contributed by atoms with Crippen LogP contribution in [0.3, 0.4) is 0 Å². The van der Waals surface area contributed by atoms with Crippen molar-refractivity contribution in [3.05, 3.63) is 57.5 Å². The minimum atomic E-state index is -0.904. The number of hydrogen-bond acceptors (Lipinski definition) is 4. The molecule has 6 heteroatoms. The maximum absolute atomic E-state index is 11.7. The van der Waals surface area contributed by atoms with E-state index in [2.05, 4.69) is 9.55 Å². The third kappa shape index (κ3) is 3.44. The first kappa shape index (κ1) is 17.2. The van der Waals surface area contributed by atoms with Gasteiger partial charge in [-0.15, -0.1) is 11.3 Å². The van der Waals surface area contributed by atoms with E-state index in [-0.39, 0.29) is 0 Å². The number of aryl methyl sites for hydroxylation is 1. The molecule has 3 aromatic rings. The number of hydrogen-bond donors (Lipinski definition) is 1. The summed E-state index contributed by atoms with van der Waals surface area (Å²) in [5, 5.41) is 12.5. The molecule has 0 aliphatic heterocycles. The minimum Gasteiger partial charge on any atom is -0.497 e. The Morgan fingerprint density at radius 1 is 1.32 bits per heavy atom. The van der Waals surface area contributed by atoms with Crippen LogP contribution in [0.25, 0.3) is 11.4 Å². The molecule has 5 nitrogen and oxygen atoms in total. The smallest absolute Gasteiger partial charge is 0.337 e. The van der Waals surface area contributed by atoms with Gasteiger partial charge in [-0.05, 0) is 37.1 Å². The monoisotopic (exact) mass is 356 g/mol. The number of carboxylic acids is 1. The lowest BCUT2D eigenvalue weighted by molar-refractivity contribution is 0.0695. The van der Waals surface area contributed by atoms with Gasteiger partial charge < -0.3 is 14.4 Å². The van der Waals surface area contributed by atoms with Crippen LogP contribution in [0, 0.1) is 6.92 Å². The number of thiazole rings is 1. The summed E-state index contributed by atoms with van der Waals surface area (Å²) in [5.41, 5.74) is 3.89. The Hall–Kier alpha value is -2.60. The van der Waals surface area contributed by atoms with Gasteiger partial charge in [-0.25, -0.2) is 9.78 Å². The Morgan fingerprint density at radius 3 is 2.56 bits per heavy atom. The number of aromatic nitrogens is 2. The summed E-state index contributed by atoms with van der Waals surface area (Å²) in [7, 11) is 1.64. The molecule has 1 aromatic carbocycles. The number of ether oxygens (including phenoxy) is 1. The second-order valence-electron chi connectivity index (χ2n) is 5.73. The highest BCUT2D eigenvalue weighted by Crippen LogP contribution is 2.29. The van der Waals surface area contributed by atoms with Crippen molar-refractivity contribution in [2.45, 2.75) is 26.8 Å². The fraction of sp³-hybridized carbons (Fsp3) is 0.263. The molecule has 0 aliphatic rings. The van der Waals surface area contributed by atoms with Crippen molar-refractivity contribution in [1.82, 2.24) is 9.55 Å². The van der Waals surface area contributed by atoms with Gasteiger partial charge in [0.1, 0.15) is 5.75 Å². The highest BCUT2D eigenvalue weighted by Gasteiger charge is 2.21. The summed E-state index contributed by atoms with van der Waals surface area (Å²) in [6.45, 7) is 4.51. The zero-order chi connectivity index (χ0) is 18.0. The van der Waals surface area contributed by atoms with Crippen molar-refractivity contribution in [3.8, 4) is 17.1 Å². The van der Waals surface area contributed by atoms with E-state index in [0.29, 0.717) is 18.5 Å². The van der Waals surface area contributed by atoms with Gasteiger partial charge in [-0.1, -0.05) is 19.1 Å². The third-order valence-corrected chi connectivity index (χ3v) is 4.93. The Labute approximate surface area is 150 Å². The number of aromatic carboxylic acids is 1. The van der Waals surface area contributed by atoms with Crippen LogP contribution in [0.4, 0.5) is 0 Å². The molecule has 0 saturated heterocycles. The molecule has 0 amide bonds. The van der Waals surface area contributed by atoms with Gasteiger partial charge in [0.25, 0.3) is 0 Å². The van der Waals surface area contributed by atoms with Gasteiger partial charge in [0, 0.05) is 17.6 Å². The Morgan fingerprint density at radius 2 is 2.04 bits per heavy atom. The van der Waals surface area contributed by atoms with Crippen molar-refractivity contribution in [2.24, 2.45) is 0 Å². The second kappa shape index (κ2) is 7.11. The van der Waals surface area contributed by atoms with E-state index in [1.54, 1.807) is 24.5 Å². The topological polar surface area (TPSA) is 64.3 Å². The summed E-state index contributed by atoms with van der Waals surface area (Å²) in [6, 6.07) is 9.55. The first-order valence-corrected chi connectivity index (χ1v) is 8.92. The van der Waals surface area contributed by atoms with Gasteiger partial charge in [0.05, 0.1) is 29.1 Å². The number of nitrogens with zero attached hydrogens (tertiary/aromatic N) is 2. The Kier molecular flexibility index (Phi) is 4.90. The molecule has 2 heterocycles. The van der Waals surface area contributed by atoms with E-state index < -0.39 is 5.97 Å². The zero-order valence-electron chi connectivity index (χ0n) is 14.4. The third-order valence-electron chi connectivity index (χ3n) is 4.16. The standard InChI is InChI=1S/C19H20N2O3S/c1-4-17-15(19(22)23)9-18(16-11-25-12(2)20-16)21(17)10-13-5-7-14(24-3)8-6-13/h5-9,11H,4,10H2,1-3H3,(H,22,23). The van der Waals surface area contributed by atoms with Gasteiger partial charge in [-0.2, -0.15) is 0 Å². The number of benzene rings is 1. The molecular weight excluding hydrogens is 336 g/mol. The zero-order valence-corrected chi connectivity index (χ0v) is 15.3. The normalized spacial score (nSPS) is 10.8. The summed E-state index contributed by atoms with van der Waals surface area (Å²) in [4.78, 5) is 16.2. The fourth-order valence-electron chi connectivity index (χ4n) is 2.94. The number of carboxylic acid groups (broad SMARTS) is 1. The van der Waals surface area contributed by atoms with Crippen molar-refractivity contribution in [2.75, 3.05) is 7.11 Å². The first-order valence-electron chi connectivity index (χ1n) is 8.04. The van der Waals surface area contributed by atoms with Crippen LogP contribution in [0.1, 0.15) is 33.5 Å². The number of methoxy groups -OCH3 is 1. The minimum absolute atomic E-state index is 0.344. The molecule has 3 rings (SSSR count). The van der Waals surface area contributed by atoms with E-state index >= 15 is 0 Å². The largest absolute Gasteiger partial charge is 0.497 e. The molecule has 0 spiro atoms. The summed E-state index contributed by atoms with van der Waals surface area (Å²) >= 11 is 1.56. The first-order chi connectivity index (χ1) is 12.0. The predicted octanol–water partition coefficient (Wildman–Crippen LogP) is 4.24. The van der Waals surface area contributed by atoms with Gasteiger partial charge in [-0.3, -0.25) is 0 Å². The average molecular weight is 356 g/mol. The highest BCUT2D eigenvalue weighted by molar-refractivity contribution is 7.09. The molecular formula is C19H20N2O3S. The number of rotatable bonds is 6. The molecule has 2 aromatic heterocycles. The average Bonchev–Trinajstić information content (AvgIpc) is 3.19. The molecule has 0 atom stereocenters. The molecule has 130 valence electrons. The van der Waals surface area contributed by atoms with Crippen LogP contribution in [-0.4, -0.2) is 27.7 Å². The Balaban J connectivity index is 2.09. The van der Waals surface area contributed by atoms with Gasteiger partial charge in [0.2, 0.25) is 0 Å². The lowest BCUT2D eigenvalue weighted by atomic mass is 10.2. The molecule has 0 radical (unpaired) electrons. The lowest BCUT2D eigenvalue weighted by Crippen LogP contribution is -2.08. The molecule has 1 N–H and O–H groups in total. The van der Waals surface area contributed by atoms with E-state index in [1.165, 1.54) is 0 Å². The van der Waals surface area contributed by atoms with Crippen LogP contribution < -0.4 is 4.74 Å². The highest BCUT2D eigenvalue weighted by atomic mass is 32.1. The lowest BCUT2D eigenvalue weighted by Gasteiger charge is -2.13. The maximum Gasteiger partial charge on any atom is 0.337 e. The van der Waals surface area contributed by atoms with Crippen LogP contribution >= 0.6 is 11.3 Å². The van der Waals surface area contributed by atoms with Crippen LogP contribution in [0.2, 0.25) is 0 Å². The Bertz CT molecular complexity index is 894. The predicted molar refractivity (Wildman–Crippen MR) is 98.7 cm³/mol. The van der Waals surface area contributed by atoms with Crippen molar-refractivity contribution in [3.63, 3.8) is 0 Å². The van der Waals surface area contributed by atoms with Gasteiger partial charge in [0.15, 0.2) is 0 Å². The molecule has 0 unspecified atom stereocenters. The maximum atomic E-state index is 11.7. The van der Waals surface area contributed by atoms with Crippen LogP contribution in [0.5, 0.6) is 5.75 Å². The summed E-state index contributed by atoms with van der Waals surface area (Å²) < 4.78 is 7.26. The molecule has 0 saturated carbocycles. The van der Waals surface area contributed by atoms with E-state index in [4.69, 9.17) is 4.74 Å². The quantitative estimate of drug-likeness (QED) is 0.717. The summed E-state index contributed by atoms with van der Waals surface area (Å²) in [6.07, 6.45) is 0.640. The second-order valence-corrected chi connectivity index (χ2v) is 6.80. The van der Waals surface area contributed by atoms with Crippen molar-refractivity contribution < 1.29 is 14.6 Å².